The molecular weight excluding hydrogens is 874 g/mol. The van der Waals surface area contributed by atoms with Crippen molar-refractivity contribution in [1.82, 2.24) is 0 Å². The molecule has 0 aromatic heterocycles. The summed E-state index contributed by atoms with van der Waals surface area (Å²) in [5, 5.41) is 17.5. The lowest BCUT2D eigenvalue weighted by atomic mass is 9.79. The van der Waals surface area contributed by atoms with Crippen LogP contribution in [-0.2, 0) is 47.1 Å². The maximum Gasteiger partial charge on any atom is 0.488 e. The van der Waals surface area contributed by atoms with Gasteiger partial charge in [0, 0.05) is 6.08 Å². The maximum atomic E-state index is 12.8. The van der Waals surface area contributed by atoms with Crippen molar-refractivity contribution in [2.24, 2.45) is 0 Å². The van der Waals surface area contributed by atoms with Gasteiger partial charge in [0.1, 0.15) is 17.2 Å². The topological polar surface area (TPSA) is 147 Å². The van der Waals surface area contributed by atoms with Crippen LogP contribution in [0.15, 0.2) is 66.7 Å². The molecule has 3 aromatic carbocycles. The van der Waals surface area contributed by atoms with Crippen LogP contribution in [0.3, 0.4) is 0 Å². The Bertz CT molecular complexity index is 1810. The van der Waals surface area contributed by atoms with Gasteiger partial charge in [0.15, 0.2) is 0 Å². The molecule has 3 rings (SSSR count). The monoisotopic (exact) mass is 930 g/mol. The summed E-state index contributed by atoms with van der Waals surface area (Å²) in [5.74, 6) is -1.69. The molecule has 2 N–H and O–H groups in total. The summed E-state index contributed by atoms with van der Waals surface area (Å²) < 4.78 is 142. The van der Waals surface area contributed by atoms with Crippen LogP contribution in [0.25, 0.3) is 0 Å². The van der Waals surface area contributed by atoms with Gasteiger partial charge in [-0.05, 0) is 102 Å². The fourth-order valence-corrected chi connectivity index (χ4v) is 5.18. The van der Waals surface area contributed by atoms with E-state index >= 15 is 0 Å². The number of rotatable bonds is 14. The first-order valence-electron chi connectivity index (χ1n) is 18.8. The molecule has 3 aromatic rings. The van der Waals surface area contributed by atoms with E-state index in [9.17, 15) is 53.9 Å². The Hall–Kier alpha value is -5.44. The molecule has 0 aliphatic rings. The van der Waals surface area contributed by atoms with Crippen LogP contribution in [0.1, 0.15) is 100.0 Å². The highest BCUT2D eigenvalue weighted by atomic mass is 19.4. The molecule has 64 heavy (non-hydrogen) atoms. The first-order chi connectivity index (χ1) is 29.3. The Labute approximate surface area is 367 Å². The third kappa shape index (κ3) is 22.3. The van der Waals surface area contributed by atoms with Crippen molar-refractivity contribution in [3.63, 3.8) is 0 Å². The second-order valence-electron chi connectivity index (χ2n) is 13.0. The molecular formula is C43H56BF9O11. The number of esters is 3. The Morgan fingerprint density at radius 3 is 1.17 bits per heavy atom. The SMILES string of the molecule is C.CC/C=C/C(=O)OC.CC[C@@H](CC(=O)OC)c1cc(OC)cc(C(F)(F)F)c1.CC[C@H](CC(=O)OC)c1cc(OC)cc(C(F)(F)F)c1.COc1cc(B(O)O)cc(C(F)(F)F)c1. The number of carbonyl (C=O) groups excluding carboxylic acids is 3. The van der Waals surface area contributed by atoms with Crippen molar-refractivity contribution in [3.8, 4) is 17.2 Å². The molecule has 21 heteroatoms. The minimum atomic E-state index is -4.54. The van der Waals surface area contributed by atoms with Gasteiger partial charge in [0.2, 0.25) is 0 Å². The minimum absolute atomic E-state index is 0. The van der Waals surface area contributed by atoms with Crippen LogP contribution in [0.4, 0.5) is 39.5 Å². The van der Waals surface area contributed by atoms with Crippen molar-refractivity contribution in [3.05, 3.63) is 94.6 Å². The number of halogens is 9. The number of methoxy groups -OCH3 is 6. The summed E-state index contributed by atoms with van der Waals surface area (Å²) in [6.45, 7) is 5.57. The van der Waals surface area contributed by atoms with E-state index in [2.05, 4.69) is 18.9 Å². The van der Waals surface area contributed by atoms with E-state index in [1.807, 2.05) is 6.92 Å². The van der Waals surface area contributed by atoms with Crippen LogP contribution >= 0.6 is 0 Å². The van der Waals surface area contributed by atoms with Gasteiger partial charge in [-0.1, -0.05) is 34.3 Å². The molecule has 0 radical (unpaired) electrons. The van der Waals surface area contributed by atoms with Crippen LogP contribution in [0, 0.1) is 0 Å². The third-order valence-corrected chi connectivity index (χ3v) is 8.67. The molecule has 0 unspecified atom stereocenters. The lowest BCUT2D eigenvalue weighted by Gasteiger charge is -2.17. The number of hydrogen-bond donors (Lipinski definition) is 2. The average molecular weight is 931 g/mol. The van der Waals surface area contributed by atoms with E-state index in [0.29, 0.717) is 30.0 Å². The highest BCUT2D eigenvalue weighted by Crippen LogP contribution is 2.38. The molecule has 360 valence electrons. The molecule has 0 saturated carbocycles. The second-order valence-corrected chi connectivity index (χ2v) is 13.0. The van der Waals surface area contributed by atoms with Crippen molar-refractivity contribution in [1.29, 1.82) is 0 Å². The first-order valence-corrected chi connectivity index (χ1v) is 18.8. The van der Waals surface area contributed by atoms with E-state index in [-0.39, 0.29) is 60.8 Å². The zero-order chi connectivity index (χ0) is 48.7. The molecule has 0 saturated heterocycles. The molecule has 0 bridgehead atoms. The molecule has 0 heterocycles. The van der Waals surface area contributed by atoms with Crippen molar-refractivity contribution < 1.29 is 92.4 Å². The summed E-state index contributed by atoms with van der Waals surface area (Å²) in [4.78, 5) is 32.9. The number of alkyl halides is 9. The Balaban J connectivity index is 0. The van der Waals surface area contributed by atoms with Gasteiger partial charge in [0.25, 0.3) is 0 Å². The summed E-state index contributed by atoms with van der Waals surface area (Å²) in [6, 6.07) is 9.60. The summed E-state index contributed by atoms with van der Waals surface area (Å²) >= 11 is 0. The van der Waals surface area contributed by atoms with E-state index < -0.39 is 54.3 Å². The Morgan fingerprint density at radius 1 is 0.562 bits per heavy atom. The normalized spacial score (nSPS) is 11.9. The van der Waals surface area contributed by atoms with Crippen LogP contribution in [0.2, 0.25) is 0 Å². The van der Waals surface area contributed by atoms with Gasteiger partial charge < -0.3 is 38.5 Å². The Kier molecular flexibility index (Phi) is 27.6. The molecule has 0 spiro atoms. The van der Waals surface area contributed by atoms with Crippen LogP contribution < -0.4 is 19.7 Å². The van der Waals surface area contributed by atoms with Gasteiger partial charge in [-0.15, -0.1) is 0 Å². The fraction of sp³-hybridized carbons (Fsp3) is 0.465. The molecule has 0 amide bonds. The van der Waals surface area contributed by atoms with E-state index in [1.165, 1.54) is 60.9 Å². The zero-order valence-corrected chi connectivity index (χ0v) is 36.1. The van der Waals surface area contributed by atoms with Crippen molar-refractivity contribution in [2.45, 2.75) is 90.7 Å². The molecule has 2 atom stereocenters. The maximum absolute atomic E-state index is 12.8. The van der Waals surface area contributed by atoms with E-state index in [0.717, 1.165) is 42.8 Å². The van der Waals surface area contributed by atoms with E-state index in [4.69, 9.17) is 19.5 Å². The molecule has 0 aliphatic heterocycles. The van der Waals surface area contributed by atoms with Gasteiger partial charge in [-0.3, -0.25) is 9.59 Å². The van der Waals surface area contributed by atoms with Gasteiger partial charge >= 0.3 is 43.6 Å². The van der Waals surface area contributed by atoms with Crippen LogP contribution in [-0.4, -0.2) is 77.7 Å². The smallest absolute Gasteiger partial charge is 0.488 e. The first kappa shape index (κ1) is 60.7. The third-order valence-electron chi connectivity index (χ3n) is 8.67. The lowest BCUT2D eigenvalue weighted by Crippen LogP contribution is -2.31. The quantitative estimate of drug-likeness (QED) is 0.0524. The average Bonchev–Trinajstić information content (AvgIpc) is 3.25. The van der Waals surface area contributed by atoms with Crippen LogP contribution in [0.5, 0.6) is 17.2 Å². The second kappa shape index (κ2) is 29.1. The highest BCUT2D eigenvalue weighted by molar-refractivity contribution is 6.58. The molecule has 0 fully saturated rings. The van der Waals surface area contributed by atoms with Crippen molar-refractivity contribution in [2.75, 3.05) is 42.7 Å². The minimum Gasteiger partial charge on any atom is -0.497 e. The highest BCUT2D eigenvalue weighted by Gasteiger charge is 2.34. The fourth-order valence-electron chi connectivity index (χ4n) is 5.18. The van der Waals surface area contributed by atoms with Crippen molar-refractivity contribution >= 4 is 30.5 Å². The largest absolute Gasteiger partial charge is 0.497 e. The number of ether oxygens (including phenoxy) is 6. The van der Waals surface area contributed by atoms with E-state index in [1.54, 1.807) is 19.9 Å². The Morgan fingerprint density at radius 2 is 0.906 bits per heavy atom. The standard InChI is InChI=1S/2C14H17F3O3.C8H8BF3O3.C6H10O2.CH4/c2*1-4-9(7-13(18)20-3)10-5-11(14(15,16)17)8-12(6-10)19-2;1-15-7-3-5(8(10,11)12)2-6(4-7)9(13)14;1-3-4-5-6(7)8-2;/h2*5-6,8-9H,4,7H2,1-3H3;2-4,13-14H,1H3;4-5H,3H2,1-2H3;1H4/b;;;5-4+;/t2*9-;;;/m10.../s1. The lowest BCUT2D eigenvalue weighted by molar-refractivity contribution is -0.142. The van der Waals surface area contributed by atoms with Gasteiger partial charge in [0.05, 0.1) is 72.2 Å². The summed E-state index contributed by atoms with van der Waals surface area (Å²) in [6.07, 6.45) is -8.27. The number of carbonyl (C=O) groups is 3. The number of benzene rings is 3. The van der Waals surface area contributed by atoms with Gasteiger partial charge in [-0.25, -0.2) is 4.79 Å². The number of hydrogen-bond acceptors (Lipinski definition) is 11. The van der Waals surface area contributed by atoms with Gasteiger partial charge in [-0.2, -0.15) is 39.5 Å². The predicted octanol–water partition coefficient (Wildman–Crippen LogP) is 9.70. The summed E-state index contributed by atoms with van der Waals surface area (Å²) in [7, 11) is 5.72. The molecule has 11 nitrogen and oxygen atoms in total. The zero-order valence-electron chi connectivity index (χ0n) is 36.1. The predicted molar refractivity (Wildman–Crippen MR) is 221 cm³/mol. The molecule has 0 aliphatic carbocycles. The number of allylic oxidation sites excluding steroid dienone is 1. The summed E-state index contributed by atoms with van der Waals surface area (Å²) in [5.41, 5.74) is -1.97.